The van der Waals surface area contributed by atoms with Crippen molar-refractivity contribution >= 4 is 69.1 Å². The number of nitrogens with zero attached hydrogens (tertiary/aromatic N) is 4. The van der Waals surface area contributed by atoms with Gasteiger partial charge >= 0.3 is 11.8 Å². The number of ether oxygens (including phenoxy) is 1. The van der Waals surface area contributed by atoms with E-state index in [0.717, 1.165) is 34.6 Å². The number of morpholine rings is 1. The highest BCUT2D eigenvalue weighted by Gasteiger charge is 2.30. The van der Waals surface area contributed by atoms with Gasteiger partial charge in [0.15, 0.2) is 5.01 Å². The van der Waals surface area contributed by atoms with Crippen LogP contribution in [0.2, 0.25) is 0 Å². The van der Waals surface area contributed by atoms with Gasteiger partial charge in [-0.05, 0) is 35.1 Å². The number of rotatable bonds is 6. The third-order valence-corrected chi connectivity index (χ3v) is 7.23. The van der Waals surface area contributed by atoms with E-state index < -0.39 is 23.8 Å². The van der Waals surface area contributed by atoms with E-state index in [4.69, 9.17) is 4.74 Å². The first kappa shape index (κ1) is 28.9. The summed E-state index contributed by atoms with van der Waals surface area (Å²) in [5.74, 6) is -2.57. The molecule has 0 aromatic carbocycles. The standard InChI is InChI=1S/C22H26BrN7O5S.ClH/c1-29-5-4-14-16(12-29)36-21(27-14)20(33)26-15(22(34)30-6-8-35-9-7-30)11-25-18(31)19(32)28-17-3-2-13(23)10-24-17;/h2-3,10,15H,4-9,11-12H2,1H3,(H,25,31)(H,26,33)(H,24,28,32);1H. The van der Waals surface area contributed by atoms with Crippen molar-refractivity contribution in [2.45, 2.75) is 19.0 Å². The van der Waals surface area contributed by atoms with Crippen LogP contribution in [0.15, 0.2) is 22.8 Å². The second kappa shape index (κ2) is 13.2. The maximum absolute atomic E-state index is 13.2. The lowest BCUT2D eigenvalue weighted by molar-refractivity contribution is -0.138. The molecule has 1 fully saturated rings. The average Bonchev–Trinajstić information content (AvgIpc) is 3.31. The zero-order valence-electron chi connectivity index (χ0n) is 20.0. The monoisotopic (exact) mass is 615 g/mol. The SMILES string of the molecule is CN1CCc2nc(C(=O)NC(CNC(=O)C(=O)Nc3ccc(Br)cn3)C(=O)N3CCOCC3)sc2C1.Cl. The smallest absolute Gasteiger partial charge is 0.314 e. The first-order chi connectivity index (χ1) is 17.3. The van der Waals surface area contributed by atoms with E-state index in [2.05, 4.69) is 46.7 Å². The van der Waals surface area contributed by atoms with Crippen molar-refractivity contribution in [1.29, 1.82) is 0 Å². The van der Waals surface area contributed by atoms with Gasteiger partial charge in [-0.2, -0.15) is 0 Å². The van der Waals surface area contributed by atoms with Gasteiger partial charge in [0.05, 0.1) is 18.9 Å². The minimum absolute atomic E-state index is 0. The predicted octanol–water partition coefficient (Wildman–Crippen LogP) is 0.422. The molecular formula is C22H27BrClN7O5S. The van der Waals surface area contributed by atoms with Crippen LogP contribution in [0.4, 0.5) is 5.82 Å². The molecule has 1 unspecified atom stereocenters. The molecule has 0 spiro atoms. The molecule has 1 atom stereocenters. The van der Waals surface area contributed by atoms with Crippen LogP contribution in [0.1, 0.15) is 20.4 Å². The molecule has 37 heavy (non-hydrogen) atoms. The number of carbonyl (C=O) groups is 4. The molecule has 12 nitrogen and oxygen atoms in total. The fraction of sp³-hybridized carbons (Fsp3) is 0.455. The van der Waals surface area contributed by atoms with Gasteiger partial charge in [0.1, 0.15) is 11.9 Å². The summed E-state index contributed by atoms with van der Waals surface area (Å²) in [5.41, 5.74) is 0.894. The third kappa shape index (κ3) is 7.68. The van der Waals surface area contributed by atoms with Crippen LogP contribution in [-0.2, 0) is 32.1 Å². The van der Waals surface area contributed by atoms with E-state index in [1.807, 2.05) is 7.05 Å². The summed E-state index contributed by atoms with van der Waals surface area (Å²) in [5, 5.41) is 7.79. The highest BCUT2D eigenvalue weighted by atomic mass is 79.9. The van der Waals surface area contributed by atoms with Gasteiger partial charge in [-0.15, -0.1) is 23.7 Å². The Labute approximate surface area is 232 Å². The second-order valence-corrected chi connectivity index (χ2v) is 10.4. The summed E-state index contributed by atoms with van der Waals surface area (Å²) in [6.45, 7) is 2.81. The van der Waals surface area contributed by atoms with Crippen LogP contribution in [0, 0.1) is 0 Å². The van der Waals surface area contributed by atoms with Crippen LogP contribution in [0.25, 0.3) is 0 Å². The van der Waals surface area contributed by atoms with Gasteiger partial charge in [0.2, 0.25) is 5.91 Å². The highest BCUT2D eigenvalue weighted by molar-refractivity contribution is 9.10. The Bertz CT molecular complexity index is 1140. The molecule has 15 heteroatoms. The van der Waals surface area contributed by atoms with Crippen LogP contribution < -0.4 is 16.0 Å². The normalized spacial score (nSPS) is 16.1. The number of likely N-dealkylation sites (N-methyl/N-ethyl adjacent to an activating group) is 1. The Kier molecular flexibility index (Phi) is 10.3. The number of fused-ring (bicyclic) bond motifs is 1. The van der Waals surface area contributed by atoms with E-state index in [0.29, 0.717) is 26.3 Å². The third-order valence-electron chi connectivity index (χ3n) is 5.68. The number of anilines is 1. The lowest BCUT2D eigenvalue weighted by Gasteiger charge is -2.30. The van der Waals surface area contributed by atoms with Gasteiger partial charge in [-0.25, -0.2) is 9.97 Å². The Hall–Kier alpha value is -2.65. The fourth-order valence-electron chi connectivity index (χ4n) is 3.74. The molecule has 0 saturated carbocycles. The highest BCUT2D eigenvalue weighted by Crippen LogP contribution is 2.24. The lowest BCUT2D eigenvalue weighted by atomic mass is 10.2. The molecule has 4 heterocycles. The Morgan fingerprint density at radius 2 is 1.92 bits per heavy atom. The molecule has 200 valence electrons. The molecule has 0 aliphatic carbocycles. The van der Waals surface area contributed by atoms with Crippen molar-refractivity contribution in [1.82, 2.24) is 30.4 Å². The summed E-state index contributed by atoms with van der Waals surface area (Å²) >= 11 is 4.54. The summed E-state index contributed by atoms with van der Waals surface area (Å²) in [6.07, 6.45) is 2.23. The molecule has 2 aromatic rings. The van der Waals surface area contributed by atoms with E-state index in [1.54, 1.807) is 11.0 Å². The van der Waals surface area contributed by atoms with Gasteiger partial charge < -0.3 is 30.5 Å². The number of pyridine rings is 1. The Balaban J connectivity index is 0.00000380. The van der Waals surface area contributed by atoms with E-state index in [-0.39, 0.29) is 35.7 Å². The number of amides is 4. The van der Waals surface area contributed by atoms with Crippen molar-refractivity contribution in [2.24, 2.45) is 0 Å². The molecule has 0 radical (unpaired) electrons. The number of hydrogen-bond acceptors (Lipinski definition) is 9. The molecule has 1 saturated heterocycles. The minimum atomic E-state index is -1.08. The summed E-state index contributed by atoms with van der Waals surface area (Å²) < 4.78 is 6.02. The van der Waals surface area contributed by atoms with Crippen LogP contribution in [-0.4, -0.2) is 95.9 Å². The van der Waals surface area contributed by atoms with Crippen LogP contribution >= 0.6 is 39.7 Å². The Morgan fingerprint density at radius 3 is 2.62 bits per heavy atom. The number of carbonyl (C=O) groups excluding carboxylic acids is 4. The zero-order valence-corrected chi connectivity index (χ0v) is 23.2. The molecule has 3 N–H and O–H groups in total. The van der Waals surface area contributed by atoms with Gasteiger partial charge in [-0.3, -0.25) is 19.2 Å². The van der Waals surface area contributed by atoms with Crippen LogP contribution in [0.3, 0.4) is 0 Å². The average molecular weight is 617 g/mol. The van der Waals surface area contributed by atoms with Crippen molar-refractivity contribution in [3.8, 4) is 0 Å². The topological polar surface area (TPSA) is 146 Å². The lowest BCUT2D eigenvalue weighted by Crippen LogP contribution is -2.56. The summed E-state index contributed by atoms with van der Waals surface area (Å²) in [4.78, 5) is 64.1. The van der Waals surface area contributed by atoms with Crippen molar-refractivity contribution in [3.63, 3.8) is 0 Å². The van der Waals surface area contributed by atoms with Gasteiger partial charge in [0.25, 0.3) is 5.91 Å². The molecule has 2 aliphatic rings. The first-order valence-corrected chi connectivity index (χ1v) is 13.0. The van der Waals surface area contributed by atoms with E-state index >= 15 is 0 Å². The zero-order chi connectivity index (χ0) is 25.7. The molecule has 0 bridgehead atoms. The molecule has 4 rings (SSSR count). The number of hydrogen-bond donors (Lipinski definition) is 3. The predicted molar refractivity (Wildman–Crippen MR) is 142 cm³/mol. The van der Waals surface area contributed by atoms with Crippen molar-refractivity contribution in [2.75, 3.05) is 51.8 Å². The quantitative estimate of drug-likeness (QED) is 0.396. The largest absolute Gasteiger partial charge is 0.378 e. The van der Waals surface area contributed by atoms with Gasteiger partial charge in [0, 0.05) is 54.7 Å². The fourth-order valence-corrected chi connectivity index (χ4v) is 5.07. The van der Waals surface area contributed by atoms with Crippen molar-refractivity contribution in [3.05, 3.63) is 38.4 Å². The van der Waals surface area contributed by atoms with Crippen LogP contribution in [0.5, 0.6) is 0 Å². The van der Waals surface area contributed by atoms with Gasteiger partial charge in [-0.1, -0.05) is 0 Å². The number of aromatic nitrogens is 2. The molecule has 2 aromatic heterocycles. The number of halogens is 2. The summed E-state index contributed by atoms with van der Waals surface area (Å²) in [7, 11) is 2.01. The number of thiazole rings is 1. The second-order valence-electron chi connectivity index (χ2n) is 8.37. The summed E-state index contributed by atoms with van der Waals surface area (Å²) in [6, 6.07) is 2.12. The van der Waals surface area contributed by atoms with E-state index in [1.165, 1.54) is 23.6 Å². The molecule has 2 aliphatic heterocycles. The number of nitrogens with one attached hydrogen (secondary N) is 3. The maximum atomic E-state index is 13.2. The van der Waals surface area contributed by atoms with E-state index in [9.17, 15) is 19.2 Å². The Morgan fingerprint density at radius 1 is 1.16 bits per heavy atom. The van der Waals surface area contributed by atoms with Crippen molar-refractivity contribution < 1.29 is 23.9 Å². The molecular weight excluding hydrogens is 590 g/mol. The first-order valence-electron chi connectivity index (χ1n) is 11.4. The maximum Gasteiger partial charge on any atom is 0.314 e. The minimum Gasteiger partial charge on any atom is -0.378 e. The molecule has 4 amide bonds.